The summed E-state index contributed by atoms with van der Waals surface area (Å²) in [5, 5.41) is 5.28. The molecule has 9 heteroatoms. The second-order valence-electron chi connectivity index (χ2n) is 6.89. The summed E-state index contributed by atoms with van der Waals surface area (Å²) in [6.07, 6.45) is -0.410. The van der Waals surface area contributed by atoms with Crippen molar-refractivity contribution in [3.8, 4) is 17.2 Å². The topological polar surface area (TPSA) is 68.8 Å². The molecule has 0 aliphatic heterocycles. The zero-order valence-electron chi connectivity index (χ0n) is 16.4. The molecular weight excluding hydrogens is 401 g/mol. The van der Waals surface area contributed by atoms with E-state index in [0.717, 1.165) is 25.7 Å². The van der Waals surface area contributed by atoms with Crippen LogP contribution in [0.25, 0.3) is 0 Å². The summed E-state index contributed by atoms with van der Waals surface area (Å²) >= 11 is 0. The van der Waals surface area contributed by atoms with E-state index in [0.29, 0.717) is 22.7 Å². The highest BCUT2D eigenvalue weighted by atomic mass is 19.4. The van der Waals surface area contributed by atoms with Crippen molar-refractivity contribution in [2.45, 2.75) is 44.7 Å². The highest BCUT2D eigenvalue weighted by Gasteiger charge is 2.31. The van der Waals surface area contributed by atoms with E-state index in [1.807, 2.05) is 0 Å². The molecule has 2 aromatic carbocycles. The zero-order valence-corrected chi connectivity index (χ0v) is 16.4. The third-order valence-electron chi connectivity index (χ3n) is 4.60. The molecule has 2 aromatic rings. The Hall–Kier alpha value is -3.10. The molecule has 0 saturated heterocycles. The van der Waals surface area contributed by atoms with Gasteiger partial charge in [-0.2, -0.15) is 0 Å². The number of halogens is 3. The molecular formula is C21H23F3N2O4. The van der Waals surface area contributed by atoms with Crippen molar-refractivity contribution in [2.24, 2.45) is 0 Å². The van der Waals surface area contributed by atoms with Gasteiger partial charge < -0.3 is 24.8 Å². The zero-order chi connectivity index (χ0) is 21.6. The van der Waals surface area contributed by atoms with Gasteiger partial charge in [-0.15, -0.1) is 13.2 Å². The van der Waals surface area contributed by atoms with E-state index < -0.39 is 12.4 Å². The molecule has 1 fully saturated rings. The molecule has 2 N–H and O–H groups in total. The van der Waals surface area contributed by atoms with Gasteiger partial charge in [0.25, 0.3) is 0 Å². The molecule has 0 radical (unpaired) electrons. The fraction of sp³-hybridized carbons (Fsp3) is 0.381. The second-order valence-corrected chi connectivity index (χ2v) is 6.89. The van der Waals surface area contributed by atoms with E-state index in [4.69, 9.17) is 9.47 Å². The maximum atomic E-state index is 12.3. The van der Waals surface area contributed by atoms with Crippen molar-refractivity contribution in [1.82, 2.24) is 5.32 Å². The first-order valence-corrected chi connectivity index (χ1v) is 9.56. The average Bonchev–Trinajstić information content (AvgIpc) is 3.19. The van der Waals surface area contributed by atoms with Crippen LogP contribution in [0, 0.1) is 0 Å². The summed E-state index contributed by atoms with van der Waals surface area (Å²) in [6.45, 7) is 0.0302. The number of urea groups is 1. The third kappa shape index (κ3) is 6.47. The first-order chi connectivity index (χ1) is 14.3. The summed E-state index contributed by atoms with van der Waals surface area (Å²) in [4.78, 5) is 12.2. The number of amides is 2. The Morgan fingerprint density at radius 2 is 1.87 bits per heavy atom. The normalized spacial score (nSPS) is 14.3. The lowest BCUT2D eigenvalue weighted by molar-refractivity contribution is -0.274. The SMILES string of the molecule is COc1ccc(NC(=O)NCc2cccc(OC(F)(F)F)c2)cc1OC1CCCC1. The fourth-order valence-corrected chi connectivity index (χ4v) is 3.24. The molecule has 0 aromatic heterocycles. The lowest BCUT2D eigenvalue weighted by atomic mass is 10.2. The average molecular weight is 424 g/mol. The third-order valence-corrected chi connectivity index (χ3v) is 4.60. The van der Waals surface area contributed by atoms with E-state index in [-0.39, 0.29) is 18.4 Å². The lowest BCUT2D eigenvalue weighted by Crippen LogP contribution is -2.28. The van der Waals surface area contributed by atoms with E-state index in [2.05, 4.69) is 15.4 Å². The largest absolute Gasteiger partial charge is 0.573 e. The molecule has 1 saturated carbocycles. The number of anilines is 1. The number of methoxy groups -OCH3 is 1. The standard InChI is InChI=1S/C21H23F3N2O4/c1-28-18-10-9-15(12-19(18)29-16-6-2-3-7-16)26-20(27)25-13-14-5-4-8-17(11-14)30-21(22,23)24/h4-5,8-12,16H,2-3,6-7,13H2,1H3,(H2,25,26,27). The molecule has 30 heavy (non-hydrogen) atoms. The van der Waals surface area contributed by atoms with E-state index in [1.165, 1.54) is 18.2 Å². The van der Waals surface area contributed by atoms with Crippen LogP contribution in [-0.4, -0.2) is 25.6 Å². The fourth-order valence-electron chi connectivity index (χ4n) is 3.24. The first kappa shape index (κ1) is 21.6. The molecule has 0 atom stereocenters. The van der Waals surface area contributed by atoms with Crippen LogP contribution in [0.3, 0.4) is 0 Å². The summed E-state index contributed by atoms with van der Waals surface area (Å²) in [7, 11) is 1.55. The monoisotopic (exact) mass is 424 g/mol. The maximum Gasteiger partial charge on any atom is 0.573 e. The van der Waals surface area contributed by atoms with Crippen LogP contribution in [0.2, 0.25) is 0 Å². The van der Waals surface area contributed by atoms with Crippen molar-refractivity contribution in [3.05, 3.63) is 48.0 Å². The predicted molar refractivity (Wildman–Crippen MR) is 105 cm³/mol. The quantitative estimate of drug-likeness (QED) is 0.638. The van der Waals surface area contributed by atoms with Crippen molar-refractivity contribution in [3.63, 3.8) is 0 Å². The summed E-state index contributed by atoms with van der Waals surface area (Å²) in [6, 6.07) is 9.99. The van der Waals surface area contributed by atoms with Gasteiger partial charge in [-0.05, 0) is 55.5 Å². The number of alkyl halides is 3. The number of benzene rings is 2. The minimum Gasteiger partial charge on any atom is -0.493 e. The Morgan fingerprint density at radius 3 is 2.57 bits per heavy atom. The molecule has 0 unspecified atom stereocenters. The van der Waals surface area contributed by atoms with Crippen LogP contribution in [0.15, 0.2) is 42.5 Å². The van der Waals surface area contributed by atoms with Gasteiger partial charge in [0.2, 0.25) is 0 Å². The molecule has 162 valence electrons. The molecule has 3 rings (SSSR count). The predicted octanol–water partition coefficient (Wildman–Crippen LogP) is 5.24. The number of hydrogen-bond acceptors (Lipinski definition) is 4. The van der Waals surface area contributed by atoms with E-state index in [9.17, 15) is 18.0 Å². The number of carbonyl (C=O) groups is 1. The number of carbonyl (C=O) groups excluding carboxylic acids is 1. The van der Waals surface area contributed by atoms with Crippen LogP contribution in [0.4, 0.5) is 23.7 Å². The van der Waals surface area contributed by atoms with Crippen LogP contribution in [0.5, 0.6) is 17.2 Å². The highest BCUT2D eigenvalue weighted by molar-refractivity contribution is 5.89. The van der Waals surface area contributed by atoms with Gasteiger partial charge in [-0.1, -0.05) is 12.1 Å². The van der Waals surface area contributed by atoms with Gasteiger partial charge in [0.1, 0.15) is 5.75 Å². The first-order valence-electron chi connectivity index (χ1n) is 9.56. The maximum absolute atomic E-state index is 12.3. The van der Waals surface area contributed by atoms with Gasteiger partial charge >= 0.3 is 12.4 Å². The Morgan fingerprint density at radius 1 is 1.10 bits per heavy atom. The van der Waals surface area contributed by atoms with Gasteiger partial charge in [0.05, 0.1) is 13.2 Å². The number of ether oxygens (including phenoxy) is 3. The van der Waals surface area contributed by atoms with Gasteiger partial charge in [-0.25, -0.2) is 4.79 Å². The molecule has 1 aliphatic rings. The number of nitrogens with one attached hydrogen (secondary N) is 2. The van der Waals surface area contributed by atoms with Crippen LogP contribution in [0.1, 0.15) is 31.2 Å². The highest BCUT2D eigenvalue weighted by Crippen LogP contribution is 2.34. The molecule has 0 bridgehead atoms. The van der Waals surface area contributed by atoms with Crippen LogP contribution < -0.4 is 24.8 Å². The Balaban J connectivity index is 1.57. The van der Waals surface area contributed by atoms with Crippen molar-refractivity contribution >= 4 is 11.7 Å². The molecule has 6 nitrogen and oxygen atoms in total. The number of rotatable bonds is 7. The second kappa shape index (κ2) is 9.60. The summed E-state index contributed by atoms with van der Waals surface area (Å²) < 4.78 is 52.2. The Labute approximate surface area is 172 Å². The number of hydrogen-bond donors (Lipinski definition) is 2. The summed E-state index contributed by atoms with van der Waals surface area (Å²) in [5.41, 5.74) is 0.974. The van der Waals surface area contributed by atoms with Gasteiger partial charge in [0, 0.05) is 18.3 Å². The lowest BCUT2D eigenvalue weighted by Gasteiger charge is -2.17. The Bertz CT molecular complexity index is 868. The van der Waals surface area contributed by atoms with Crippen molar-refractivity contribution < 1.29 is 32.2 Å². The van der Waals surface area contributed by atoms with E-state index >= 15 is 0 Å². The van der Waals surface area contributed by atoms with Crippen LogP contribution in [-0.2, 0) is 6.54 Å². The van der Waals surface area contributed by atoms with Crippen molar-refractivity contribution in [2.75, 3.05) is 12.4 Å². The van der Waals surface area contributed by atoms with E-state index in [1.54, 1.807) is 31.4 Å². The van der Waals surface area contributed by atoms with Gasteiger partial charge in [0.15, 0.2) is 11.5 Å². The smallest absolute Gasteiger partial charge is 0.493 e. The molecule has 1 aliphatic carbocycles. The summed E-state index contributed by atoms with van der Waals surface area (Å²) in [5.74, 6) is 0.791. The molecule has 2 amide bonds. The minimum absolute atomic E-state index is 0.0302. The van der Waals surface area contributed by atoms with Crippen LogP contribution >= 0.6 is 0 Å². The minimum atomic E-state index is -4.77. The molecule has 0 spiro atoms. The molecule has 0 heterocycles. The Kier molecular flexibility index (Phi) is 6.91. The van der Waals surface area contributed by atoms with Crippen molar-refractivity contribution in [1.29, 1.82) is 0 Å². The van der Waals surface area contributed by atoms with Gasteiger partial charge in [-0.3, -0.25) is 0 Å².